The Labute approximate surface area is 115 Å². The van der Waals surface area contributed by atoms with Crippen LogP contribution in [-0.2, 0) is 20.7 Å². The maximum Gasteiger partial charge on any atom is 0.328 e. The summed E-state index contributed by atoms with van der Waals surface area (Å²) in [5.74, 6) is -1.39. The molecule has 0 spiro atoms. The lowest BCUT2D eigenvalue weighted by molar-refractivity contribution is -0.143. The zero-order chi connectivity index (χ0) is 14.1. The fourth-order valence-electron chi connectivity index (χ4n) is 1.40. The van der Waals surface area contributed by atoms with Crippen LogP contribution in [0.25, 0.3) is 0 Å². The number of ether oxygens (including phenoxy) is 1. The van der Waals surface area contributed by atoms with E-state index in [1.807, 2.05) is 16.8 Å². The summed E-state index contributed by atoms with van der Waals surface area (Å²) in [6.45, 7) is 3.66. The second-order valence-corrected chi connectivity index (χ2v) is 4.70. The Balaban J connectivity index is 2.33. The minimum atomic E-state index is -1.10. The topological polar surface area (TPSA) is 75.6 Å². The Morgan fingerprint density at radius 2 is 2.37 bits per heavy atom. The summed E-state index contributed by atoms with van der Waals surface area (Å²) in [4.78, 5) is 22.6. The first kappa shape index (κ1) is 15.4. The molecular formula is C13H17NO4S. The Bertz CT molecular complexity index is 416. The lowest BCUT2D eigenvalue weighted by Gasteiger charge is -2.14. The number of nitrogens with one attached hydrogen (secondary N) is 1. The number of hydrogen-bond acceptors (Lipinski definition) is 4. The largest absolute Gasteiger partial charge is 0.480 e. The quantitative estimate of drug-likeness (QED) is 0.531. The fourth-order valence-corrected chi connectivity index (χ4v) is 2.11. The van der Waals surface area contributed by atoms with Crippen molar-refractivity contribution in [3.05, 3.63) is 35.0 Å². The highest BCUT2D eigenvalue weighted by Gasteiger charge is 2.19. The van der Waals surface area contributed by atoms with E-state index in [-0.39, 0.29) is 25.5 Å². The summed E-state index contributed by atoms with van der Waals surface area (Å²) in [6.07, 6.45) is 2.40. The maximum atomic E-state index is 11.6. The molecule has 2 N–H and O–H groups in total. The number of hydrogen-bond donors (Lipinski definition) is 2. The number of carbonyl (C=O) groups is 2. The van der Waals surface area contributed by atoms with Crippen LogP contribution in [0.5, 0.6) is 0 Å². The van der Waals surface area contributed by atoms with Crippen molar-refractivity contribution in [3.8, 4) is 0 Å². The average molecular weight is 283 g/mol. The van der Waals surface area contributed by atoms with Crippen molar-refractivity contribution in [2.24, 2.45) is 0 Å². The number of aliphatic carboxylic acids is 1. The van der Waals surface area contributed by atoms with E-state index in [0.29, 0.717) is 6.42 Å². The molecule has 1 atom stereocenters. The molecule has 0 saturated heterocycles. The summed E-state index contributed by atoms with van der Waals surface area (Å²) < 4.78 is 5.05. The summed E-state index contributed by atoms with van der Waals surface area (Å²) in [7, 11) is 0. The van der Waals surface area contributed by atoms with E-state index in [1.165, 1.54) is 6.08 Å². The highest BCUT2D eigenvalue weighted by molar-refractivity contribution is 7.07. The Morgan fingerprint density at radius 3 is 2.95 bits per heavy atom. The average Bonchev–Trinajstić information content (AvgIpc) is 2.88. The van der Waals surface area contributed by atoms with Gasteiger partial charge in [-0.1, -0.05) is 6.08 Å². The molecule has 104 valence electrons. The van der Waals surface area contributed by atoms with Gasteiger partial charge in [-0.15, -0.1) is 6.58 Å². The fraction of sp³-hybridized carbons (Fsp3) is 0.385. The SMILES string of the molecule is C=CCOCC(NC(=O)CCc1ccsc1)C(=O)O. The van der Waals surface area contributed by atoms with Crippen molar-refractivity contribution in [1.29, 1.82) is 0 Å². The summed E-state index contributed by atoms with van der Waals surface area (Å²) in [6, 6.07) is 0.926. The number of carboxylic acids is 1. The normalized spacial score (nSPS) is 11.8. The van der Waals surface area contributed by atoms with Gasteiger partial charge in [-0.25, -0.2) is 4.79 Å². The first-order chi connectivity index (χ1) is 9.13. The van der Waals surface area contributed by atoms with Gasteiger partial charge < -0.3 is 15.2 Å². The van der Waals surface area contributed by atoms with Crippen LogP contribution in [-0.4, -0.2) is 36.2 Å². The second-order valence-electron chi connectivity index (χ2n) is 3.92. The number of carbonyl (C=O) groups excluding carboxylic acids is 1. The van der Waals surface area contributed by atoms with Gasteiger partial charge in [0.15, 0.2) is 6.04 Å². The maximum absolute atomic E-state index is 11.6. The second kappa shape index (κ2) is 8.44. The predicted molar refractivity (Wildman–Crippen MR) is 73.2 cm³/mol. The van der Waals surface area contributed by atoms with Crippen LogP contribution in [0.4, 0.5) is 0 Å². The lowest BCUT2D eigenvalue weighted by Crippen LogP contribution is -2.44. The number of aryl methyl sites for hydroxylation is 1. The van der Waals surface area contributed by atoms with Gasteiger partial charge in [-0.2, -0.15) is 11.3 Å². The van der Waals surface area contributed by atoms with Crippen molar-refractivity contribution in [1.82, 2.24) is 5.32 Å². The van der Waals surface area contributed by atoms with E-state index >= 15 is 0 Å². The number of amides is 1. The van der Waals surface area contributed by atoms with Crippen molar-refractivity contribution in [2.45, 2.75) is 18.9 Å². The predicted octanol–water partition coefficient (Wildman–Crippen LogP) is 1.45. The molecule has 0 fully saturated rings. The van der Waals surface area contributed by atoms with E-state index in [9.17, 15) is 9.59 Å². The van der Waals surface area contributed by atoms with Crippen LogP contribution in [0.15, 0.2) is 29.5 Å². The van der Waals surface area contributed by atoms with E-state index < -0.39 is 12.0 Å². The number of rotatable bonds is 9. The van der Waals surface area contributed by atoms with Gasteiger partial charge in [-0.3, -0.25) is 4.79 Å². The molecule has 1 amide bonds. The van der Waals surface area contributed by atoms with Crippen molar-refractivity contribution >= 4 is 23.2 Å². The first-order valence-corrected chi connectivity index (χ1v) is 6.79. The third-order valence-corrected chi connectivity index (χ3v) is 3.11. The molecule has 5 nitrogen and oxygen atoms in total. The van der Waals surface area contributed by atoms with Crippen LogP contribution in [0.2, 0.25) is 0 Å². The third-order valence-electron chi connectivity index (χ3n) is 2.37. The highest BCUT2D eigenvalue weighted by Crippen LogP contribution is 2.08. The zero-order valence-corrected chi connectivity index (χ0v) is 11.3. The van der Waals surface area contributed by atoms with E-state index in [4.69, 9.17) is 9.84 Å². The van der Waals surface area contributed by atoms with E-state index in [0.717, 1.165) is 5.56 Å². The molecule has 19 heavy (non-hydrogen) atoms. The van der Waals surface area contributed by atoms with E-state index in [1.54, 1.807) is 11.3 Å². The molecule has 1 aromatic rings. The molecule has 0 bridgehead atoms. The molecule has 1 heterocycles. The van der Waals surface area contributed by atoms with Crippen LogP contribution < -0.4 is 5.32 Å². The minimum Gasteiger partial charge on any atom is -0.480 e. The standard InChI is InChI=1S/C13H17NO4S/c1-2-6-18-8-11(13(16)17)14-12(15)4-3-10-5-7-19-9-10/h2,5,7,9,11H,1,3-4,6,8H2,(H,14,15)(H,16,17). The van der Waals surface area contributed by atoms with Gasteiger partial charge in [0, 0.05) is 6.42 Å². The summed E-state index contributed by atoms with van der Waals surface area (Å²) in [5, 5.41) is 15.3. The molecule has 0 aliphatic carbocycles. The Morgan fingerprint density at radius 1 is 1.58 bits per heavy atom. The van der Waals surface area contributed by atoms with Crippen molar-refractivity contribution < 1.29 is 19.4 Å². The molecule has 0 aliphatic heterocycles. The first-order valence-electron chi connectivity index (χ1n) is 5.85. The van der Waals surface area contributed by atoms with Crippen LogP contribution in [0.1, 0.15) is 12.0 Å². The van der Waals surface area contributed by atoms with Crippen molar-refractivity contribution in [3.63, 3.8) is 0 Å². The minimum absolute atomic E-state index is 0.0639. The molecule has 0 radical (unpaired) electrons. The monoisotopic (exact) mass is 283 g/mol. The van der Waals surface area contributed by atoms with Crippen LogP contribution >= 0.6 is 11.3 Å². The molecule has 0 aliphatic rings. The van der Waals surface area contributed by atoms with Gasteiger partial charge >= 0.3 is 5.97 Å². The van der Waals surface area contributed by atoms with E-state index in [2.05, 4.69) is 11.9 Å². The Kier molecular flexibility index (Phi) is 6.84. The van der Waals surface area contributed by atoms with Gasteiger partial charge in [0.2, 0.25) is 5.91 Å². The van der Waals surface area contributed by atoms with Gasteiger partial charge in [0.25, 0.3) is 0 Å². The van der Waals surface area contributed by atoms with Crippen LogP contribution in [0, 0.1) is 0 Å². The number of carboxylic acid groups (broad SMARTS) is 1. The summed E-state index contributed by atoms with van der Waals surface area (Å²) in [5.41, 5.74) is 1.08. The van der Waals surface area contributed by atoms with Gasteiger partial charge in [-0.05, 0) is 28.8 Å². The zero-order valence-electron chi connectivity index (χ0n) is 10.5. The third kappa shape index (κ3) is 6.17. The molecule has 1 aromatic heterocycles. The number of thiophene rings is 1. The summed E-state index contributed by atoms with van der Waals surface area (Å²) >= 11 is 1.57. The highest BCUT2D eigenvalue weighted by atomic mass is 32.1. The molecule has 1 rings (SSSR count). The molecule has 0 aromatic carbocycles. The molecular weight excluding hydrogens is 266 g/mol. The smallest absolute Gasteiger partial charge is 0.328 e. The molecule has 0 saturated carbocycles. The molecule has 6 heteroatoms. The Hall–Kier alpha value is -1.66. The van der Waals surface area contributed by atoms with Gasteiger partial charge in [0.05, 0.1) is 13.2 Å². The molecule has 1 unspecified atom stereocenters. The lowest BCUT2D eigenvalue weighted by atomic mass is 10.2. The van der Waals surface area contributed by atoms with Gasteiger partial charge in [0.1, 0.15) is 0 Å². The van der Waals surface area contributed by atoms with Crippen LogP contribution in [0.3, 0.4) is 0 Å². The van der Waals surface area contributed by atoms with Crippen molar-refractivity contribution in [2.75, 3.05) is 13.2 Å².